The average Bonchev–Trinajstić information content (AvgIpc) is 3.18. The van der Waals surface area contributed by atoms with Gasteiger partial charge in [-0.2, -0.15) is 0 Å². The van der Waals surface area contributed by atoms with E-state index < -0.39 is 11.9 Å². The molecule has 6 nitrogen and oxygen atoms in total. The number of amides is 1. The number of ether oxygens (including phenoxy) is 1. The largest absolute Gasteiger partial charge is 0.481 e. The topological polar surface area (TPSA) is 80.0 Å². The van der Waals surface area contributed by atoms with Crippen LogP contribution in [0.5, 0.6) is 11.7 Å². The molecule has 130 valence electrons. The minimum absolute atomic E-state index is 0.0523. The van der Waals surface area contributed by atoms with Gasteiger partial charge in [0.2, 0.25) is 0 Å². The summed E-state index contributed by atoms with van der Waals surface area (Å²) in [7, 11) is 0. The van der Waals surface area contributed by atoms with Gasteiger partial charge in [-0.05, 0) is 42.9 Å². The second-order valence-corrected chi connectivity index (χ2v) is 6.69. The van der Waals surface area contributed by atoms with Crippen LogP contribution in [0, 0.1) is 17.8 Å². The molecule has 1 aliphatic heterocycles. The molecular formula is C19H19NO5. The molecule has 1 aliphatic carbocycles. The van der Waals surface area contributed by atoms with Gasteiger partial charge in [-0.3, -0.25) is 9.59 Å². The molecule has 0 spiro atoms. The first-order chi connectivity index (χ1) is 12.1. The van der Waals surface area contributed by atoms with Crippen LogP contribution in [0.15, 0.2) is 46.9 Å². The number of carboxylic acids is 1. The molecule has 0 unspecified atom stereocenters. The van der Waals surface area contributed by atoms with Gasteiger partial charge in [-0.1, -0.05) is 18.2 Å². The van der Waals surface area contributed by atoms with Crippen molar-refractivity contribution < 1.29 is 23.8 Å². The van der Waals surface area contributed by atoms with Gasteiger partial charge in [0.25, 0.3) is 11.9 Å². The van der Waals surface area contributed by atoms with Gasteiger partial charge < -0.3 is 19.2 Å². The summed E-state index contributed by atoms with van der Waals surface area (Å²) in [5.41, 5.74) is 0. The number of carboxylic acid groups (broad SMARTS) is 1. The van der Waals surface area contributed by atoms with Crippen LogP contribution in [0.3, 0.4) is 0 Å². The van der Waals surface area contributed by atoms with Crippen molar-refractivity contribution in [2.75, 3.05) is 13.1 Å². The third-order valence-electron chi connectivity index (χ3n) is 4.95. The van der Waals surface area contributed by atoms with E-state index in [0.29, 0.717) is 18.2 Å². The number of likely N-dealkylation sites (tertiary alicyclic amines) is 1. The summed E-state index contributed by atoms with van der Waals surface area (Å²) < 4.78 is 11.1. The van der Waals surface area contributed by atoms with Gasteiger partial charge in [0, 0.05) is 19.2 Å². The van der Waals surface area contributed by atoms with E-state index in [1.165, 1.54) is 0 Å². The van der Waals surface area contributed by atoms with Crippen LogP contribution in [0.2, 0.25) is 0 Å². The van der Waals surface area contributed by atoms with Crippen LogP contribution < -0.4 is 4.74 Å². The molecule has 2 atom stereocenters. The third kappa shape index (κ3) is 3.24. The Bertz CT molecular complexity index is 780. The molecule has 1 aromatic heterocycles. The Labute approximate surface area is 145 Å². The highest BCUT2D eigenvalue weighted by molar-refractivity contribution is 5.92. The molecule has 6 heteroatoms. The monoisotopic (exact) mass is 341 g/mol. The van der Waals surface area contributed by atoms with E-state index in [1.807, 2.05) is 18.2 Å². The Morgan fingerprint density at radius 2 is 1.84 bits per heavy atom. The Morgan fingerprint density at radius 1 is 1.08 bits per heavy atom. The normalized spacial score (nSPS) is 22.8. The first kappa shape index (κ1) is 15.7. The lowest BCUT2D eigenvalue weighted by molar-refractivity contribution is -0.142. The first-order valence-corrected chi connectivity index (χ1v) is 8.46. The zero-order valence-corrected chi connectivity index (χ0v) is 13.6. The molecule has 25 heavy (non-hydrogen) atoms. The summed E-state index contributed by atoms with van der Waals surface area (Å²) in [6.07, 6.45) is 2.12. The fraction of sp³-hybridized carbons (Fsp3) is 0.368. The van der Waals surface area contributed by atoms with Crippen LogP contribution in [-0.2, 0) is 4.79 Å². The van der Waals surface area contributed by atoms with Crippen molar-refractivity contribution in [3.05, 3.63) is 48.2 Å². The van der Waals surface area contributed by atoms with Crippen molar-refractivity contribution in [3.63, 3.8) is 0 Å². The number of carbonyl (C=O) groups is 2. The first-order valence-electron chi connectivity index (χ1n) is 8.46. The third-order valence-corrected chi connectivity index (χ3v) is 4.95. The van der Waals surface area contributed by atoms with Crippen molar-refractivity contribution in [1.82, 2.24) is 4.90 Å². The predicted octanol–water partition coefficient (Wildman–Crippen LogP) is 3.25. The standard InChI is InChI=1S/C19H19NO5/c21-18(20-10-14(12-6-7-12)15(11-20)19(22)23)16-8-9-17(25-16)24-13-4-2-1-3-5-13/h1-5,8-9,12,14-15H,6-7,10-11H2,(H,22,23)/t14-,15+/m1/s1. The molecule has 1 aromatic carbocycles. The zero-order valence-electron chi connectivity index (χ0n) is 13.6. The van der Waals surface area contributed by atoms with Crippen LogP contribution in [0.1, 0.15) is 23.4 Å². The van der Waals surface area contributed by atoms with Gasteiger partial charge in [0.05, 0.1) is 5.92 Å². The van der Waals surface area contributed by atoms with Gasteiger partial charge in [0.15, 0.2) is 5.76 Å². The molecule has 1 saturated carbocycles. The van der Waals surface area contributed by atoms with Crippen molar-refractivity contribution in [2.45, 2.75) is 12.8 Å². The minimum Gasteiger partial charge on any atom is -0.481 e. The number of hydrogen-bond donors (Lipinski definition) is 1. The lowest BCUT2D eigenvalue weighted by Crippen LogP contribution is -2.29. The second kappa shape index (κ2) is 6.27. The highest BCUT2D eigenvalue weighted by Crippen LogP contribution is 2.44. The summed E-state index contributed by atoms with van der Waals surface area (Å²) in [5.74, 6) is -0.0574. The molecular weight excluding hydrogens is 322 g/mol. The fourth-order valence-electron chi connectivity index (χ4n) is 3.51. The summed E-state index contributed by atoms with van der Waals surface area (Å²) in [6, 6.07) is 12.3. The maximum absolute atomic E-state index is 12.7. The molecule has 0 bridgehead atoms. The van der Waals surface area contributed by atoms with Crippen molar-refractivity contribution in [3.8, 4) is 11.7 Å². The van der Waals surface area contributed by atoms with E-state index in [2.05, 4.69) is 0 Å². The van der Waals surface area contributed by atoms with Gasteiger partial charge >= 0.3 is 5.97 Å². The van der Waals surface area contributed by atoms with Gasteiger partial charge in [0.1, 0.15) is 5.75 Å². The summed E-state index contributed by atoms with van der Waals surface area (Å²) in [6.45, 7) is 0.723. The number of hydrogen-bond acceptors (Lipinski definition) is 4. The Kier molecular flexibility index (Phi) is 3.95. The highest BCUT2D eigenvalue weighted by atomic mass is 16.6. The maximum atomic E-state index is 12.7. The summed E-state index contributed by atoms with van der Waals surface area (Å²) >= 11 is 0. The molecule has 0 radical (unpaired) electrons. The number of furan rings is 1. The minimum atomic E-state index is -0.820. The molecule has 2 aliphatic rings. The Balaban J connectivity index is 1.45. The van der Waals surface area contributed by atoms with Gasteiger partial charge in [-0.25, -0.2) is 0 Å². The molecule has 1 saturated heterocycles. The van der Waals surface area contributed by atoms with E-state index in [9.17, 15) is 14.7 Å². The van der Waals surface area contributed by atoms with Crippen molar-refractivity contribution in [1.29, 1.82) is 0 Å². The second-order valence-electron chi connectivity index (χ2n) is 6.69. The predicted molar refractivity (Wildman–Crippen MR) is 88.5 cm³/mol. The lowest BCUT2D eigenvalue weighted by atomic mass is 9.92. The molecule has 2 aromatic rings. The molecule has 2 heterocycles. The smallest absolute Gasteiger partial charge is 0.308 e. The van der Waals surface area contributed by atoms with E-state index in [4.69, 9.17) is 9.15 Å². The Hall–Kier alpha value is -2.76. The molecule has 1 N–H and O–H groups in total. The zero-order chi connectivity index (χ0) is 17.4. The number of rotatable bonds is 5. The summed E-state index contributed by atoms with van der Waals surface area (Å²) in [4.78, 5) is 25.7. The lowest BCUT2D eigenvalue weighted by Gasteiger charge is -2.14. The van der Waals surface area contributed by atoms with E-state index in [-0.39, 0.29) is 30.1 Å². The van der Waals surface area contributed by atoms with Crippen LogP contribution >= 0.6 is 0 Å². The van der Waals surface area contributed by atoms with E-state index in [0.717, 1.165) is 12.8 Å². The summed E-state index contributed by atoms with van der Waals surface area (Å²) in [5, 5.41) is 9.42. The van der Waals surface area contributed by atoms with E-state index in [1.54, 1.807) is 29.2 Å². The number of carbonyl (C=O) groups excluding carboxylic acids is 1. The van der Waals surface area contributed by atoms with Crippen LogP contribution in [0.4, 0.5) is 0 Å². The highest BCUT2D eigenvalue weighted by Gasteiger charge is 2.47. The van der Waals surface area contributed by atoms with Crippen LogP contribution in [-0.4, -0.2) is 35.0 Å². The van der Waals surface area contributed by atoms with E-state index >= 15 is 0 Å². The molecule has 4 rings (SSSR count). The number of aliphatic carboxylic acids is 1. The number of nitrogens with zero attached hydrogens (tertiary/aromatic N) is 1. The maximum Gasteiger partial charge on any atom is 0.308 e. The van der Waals surface area contributed by atoms with Crippen molar-refractivity contribution in [2.24, 2.45) is 17.8 Å². The molecule has 2 fully saturated rings. The fourth-order valence-corrected chi connectivity index (χ4v) is 3.51. The van der Waals surface area contributed by atoms with Gasteiger partial charge in [-0.15, -0.1) is 0 Å². The number of benzene rings is 1. The average molecular weight is 341 g/mol. The Morgan fingerprint density at radius 3 is 2.52 bits per heavy atom. The van der Waals surface area contributed by atoms with Crippen LogP contribution in [0.25, 0.3) is 0 Å². The molecule has 1 amide bonds. The SMILES string of the molecule is O=C(O)[C@H]1CN(C(=O)c2ccc(Oc3ccccc3)o2)C[C@@H]1C1CC1. The number of para-hydroxylation sites is 1. The van der Waals surface area contributed by atoms with Crippen molar-refractivity contribution >= 4 is 11.9 Å². The quantitative estimate of drug-likeness (QED) is 0.903.